The lowest BCUT2D eigenvalue weighted by Crippen LogP contribution is -2.48. The van der Waals surface area contributed by atoms with Gasteiger partial charge in [0.05, 0.1) is 11.9 Å². The average molecular weight is 485 g/mol. The van der Waals surface area contributed by atoms with E-state index < -0.39 is 0 Å². The van der Waals surface area contributed by atoms with Gasteiger partial charge in [-0.05, 0) is 55.8 Å². The number of likely N-dealkylation sites (N-methyl/N-ethyl adjacent to an activating group) is 1. The van der Waals surface area contributed by atoms with Crippen LogP contribution < -0.4 is 15.5 Å². The van der Waals surface area contributed by atoms with Gasteiger partial charge in [-0.2, -0.15) is 0 Å². The monoisotopic (exact) mass is 484 g/mol. The SMILES string of the molecule is CCC(=O)N(CC1CCCN1CC)n1cc(-c2ccc(Oc3ccccc3)cc2)c2c(N)ncnc21. The van der Waals surface area contributed by atoms with Crippen molar-refractivity contribution in [3.63, 3.8) is 0 Å². The fourth-order valence-electron chi connectivity index (χ4n) is 5.01. The van der Waals surface area contributed by atoms with Gasteiger partial charge in [-0.3, -0.25) is 9.69 Å². The van der Waals surface area contributed by atoms with Gasteiger partial charge >= 0.3 is 0 Å². The number of aromatic nitrogens is 3. The van der Waals surface area contributed by atoms with Gasteiger partial charge in [0.15, 0.2) is 5.65 Å². The van der Waals surface area contributed by atoms with Gasteiger partial charge < -0.3 is 10.5 Å². The quantitative estimate of drug-likeness (QED) is 0.385. The molecule has 1 saturated heterocycles. The summed E-state index contributed by atoms with van der Waals surface area (Å²) in [4.78, 5) is 24.4. The first-order valence-electron chi connectivity index (χ1n) is 12.6. The van der Waals surface area contributed by atoms with Gasteiger partial charge in [0.25, 0.3) is 0 Å². The van der Waals surface area contributed by atoms with Crippen LogP contribution >= 0.6 is 0 Å². The van der Waals surface area contributed by atoms with Gasteiger partial charge in [-0.1, -0.05) is 44.2 Å². The number of hydrogen-bond donors (Lipinski definition) is 1. The molecule has 2 aromatic carbocycles. The number of nitrogens with two attached hydrogens (primary N) is 1. The van der Waals surface area contributed by atoms with Crippen molar-refractivity contribution in [1.29, 1.82) is 0 Å². The van der Waals surface area contributed by atoms with E-state index in [9.17, 15) is 4.79 Å². The predicted octanol–water partition coefficient (Wildman–Crippen LogP) is 4.83. The normalized spacial score (nSPS) is 15.9. The van der Waals surface area contributed by atoms with Crippen molar-refractivity contribution < 1.29 is 9.53 Å². The minimum atomic E-state index is 0.0465. The molecule has 5 rings (SSSR count). The van der Waals surface area contributed by atoms with E-state index in [0.29, 0.717) is 30.5 Å². The van der Waals surface area contributed by atoms with Crippen LogP contribution in [0, 0.1) is 0 Å². The van der Waals surface area contributed by atoms with Crippen LogP contribution in [0.5, 0.6) is 11.5 Å². The molecular formula is C28H32N6O2. The molecule has 0 bridgehead atoms. The highest BCUT2D eigenvalue weighted by atomic mass is 16.5. The first-order valence-corrected chi connectivity index (χ1v) is 12.6. The van der Waals surface area contributed by atoms with Gasteiger partial charge in [0.1, 0.15) is 23.6 Å². The average Bonchev–Trinajstić information content (AvgIpc) is 3.53. The number of ether oxygens (including phenoxy) is 1. The number of likely N-dealkylation sites (tertiary alicyclic amines) is 1. The summed E-state index contributed by atoms with van der Waals surface area (Å²) >= 11 is 0. The maximum absolute atomic E-state index is 13.2. The Morgan fingerprint density at radius 3 is 2.56 bits per heavy atom. The van der Waals surface area contributed by atoms with E-state index in [1.54, 1.807) is 0 Å². The molecule has 8 nitrogen and oxygen atoms in total. The number of anilines is 1. The Bertz CT molecular complexity index is 1340. The molecule has 2 aromatic heterocycles. The lowest BCUT2D eigenvalue weighted by atomic mass is 10.1. The summed E-state index contributed by atoms with van der Waals surface area (Å²) in [6.45, 7) is 6.72. The number of carbonyl (C=O) groups is 1. The summed E-state index contributed by atoms with van der Waals surface area (Å²) in [6.07, 6.45) is 6.04. The van der Waals surface area contributed by atoms with Crippen molar-refractivity contribution in [2.45, 2.75) is 39.2 Å². The zero-order valence-electron chi connectivity index (χ0n) is 20.8. The first-order chi connectivity index (χ1) is 17.6. The highest BCUT2D eigenvalue weighted by Crippen LogP contribution is 2.34. The second kappa shape index (κ2) is 10.4. The van der Waals surface area contributed by atoms with Crippen LogP contribution in [0.15, 0.2) is 67.1 Å². The Labute approximate surface area is 211 Å². The number of amides is 1. The topological polar surface area (TPSA) is 89.5 Å². The van der Waals surface area contributed by atoms with Crippen molar-refractivity contribution in [3.8, 4) is 22.6 Å². The van der Waals surface area contributed by atoms with Crippen LogP contribution in [-0.4, -0.2) is 51.1 Å². The summed E-state index contributed by atoms with van der Waals surface area (Å²) < 4.78 is 7.82. The molecule has 1 unspecified atom stereocenters. The number of fused-ring (bicyclic) bond motifs is 1. The molecule has 1 aliphatic rings. The number of hydrogen-bond acceptors (Lipinski definition) is 6. The molecule has 0 aliphatic carbocycles. The molecule has 186 valence electrons. The van der Waals surface area contributed by atoms with Crippen molar-refractivity contribution in [1.82, 2.24) is 19.5 Å². The lowest BCUT2D eigenvalue weighted by molar-refractivity contribution is -0.120. The third kappa shape index (κ3) is 4.64. The Balaban J connectivity index is 1.53. The standard InChI is InChI=1S/C28H32N6O2/c1-3-25(35)33(17-21-9-8-16-32(21)4-2)34-18-24(26-27(29)30-19-31-28(26)34)20-12-14-23(15-13-20)36-22-10-6-5-7-11-22/h5-7,10-15,18-19,21H,3-4,8-9,16-17H2,1-2H3,(H2,29,30,31). The molecule has 0 radical (unpaired) electrons. The Morgan fingerprint density at radius 1 is 1.08 bits per heavy atom. The zero-order valence-corrected chi connectivity index (χ0v) is 20.8. The Hall–Kier alpha value is -3.91. The molecule has 3 heterocycles. The lowest BCUT2D eigenvalue weighted by Gasteiger charge is -2.31. The van der Waals surface area contributed by atoms with E-state index in [0.717, 1.165) is 53.9 Å². The molecule has 0 saturated carbocycles. The van der Waals surface area contributed by atoms with Crippen molar-refractivity contribution >= 4 is 22.8 Å². The largest absolute Gasteiger partial charge is 0.457 e. The van der Waals surface area contributed by atoms with E-state index in [-0.39, 0.29) is 5.91 Å². The molecule has 1 atom stereocenters. The van der Waals surface area contributed by atoms with Crippen LogP contribution in [0.2, 0.25) is 0 Å². The smallest absolute Gasteiger partial charge is 0.241 e. The zero-order chi connectivity index (χ0) is 25.1. The summed E-state index contributed by atoms with van der Waals surface area (Å²) in [5.41, 5.74) is 8.81. The Morgan fingerprint density at radius 2 is 1.83 bits per heavy atom. The van der Waals surface area contributed by atoms with Crippen molar-refractivity contribution in [2.75, 3.05) is 30.4 Å². The molecule has 4 aromatic rings. The fourth-order valence-corrected chi connectivity index (χ4v) is 5.01. The Kier molecular flexibility index (Phi) is 6.86. The van der Waals surface area contributed by atoms with E-state index in [1.165, 1.54) is 6.33 Å². The van der Waals surface area contributed by atoms with E-state index in [2.05, 4.69) is 21.8 Å². The van der Waals surface area contributed by atoms with Crippen LogP contribution in [0.1, 0.15) is 33.1 Å². The second-order valence-corrected chi connectivity index (χ2v) is 9.04. The summed E-state index contributed by atoms with van der Waals surface area (Å²) in [7, 11) is 0. The van der Waals surface area contributed by atoms with E-state index in [4.69, 9.17) is 10.5 Å². The van der Waals surface area contributed by atoms with Crippen molar-refractivity contribution in [2.24, 2.45) is 0 Å². The molecule has 1 fully saturated rings. The number of nitrogens with zero attached hydrogens (tertiary/aromatic N) is 5. The summed E-state index contributed by atoms with van der Waals surface area (Å²) in [5, 5.41) is 2.56. The summed E-state index contributed by atoms with van der Waals surface area (Å²) in [5.74, 6) is 1.95. The van der Waals surface area contributed by atoms with E-state index in [1.807, 2.05) is 77.4 Å². The molecule has 36 heavy (non-hydrogen) atoms. The van der Waals surface area contributed by atoms with Gasteiger partial charge in [-0.25, -0.2) is 19.7 Å². The fraction of sp³-hybridized carbons (Fsp3) is 0.321. The van der Waals surface area contributed by atoms with Gasteiger partial charge in [0.2, 0.25) is 5.91 Å². The molecular weight excluding hydrogens is 452 g/mol. The first kappa shape index (κ1) is 23.8. The van der Waals surface area contributed by atoms with E-state index >= 15 is 0 Å². The minimum absolute atomic E-state index is 0.0465. The maximum atomic E-state index is 13.2. The minimum Gasteiger partial charge on any atom is -0.457 e. The van der Waals surface area contributed by atoms with Crippen molar-refractivity contribution in [3.05, 3.63) is 67.1 Å². The molecule has 8 heteroatoms. The van der Waals surface area contributed by atoms with Crippen LogP contribution in [0.25, 0.3) is 22.2 Å². The number of carbonyl (C=O) groups excluding carboxylic acids is 1. The number of para-hydroxylation sites is 1. The van der Waals surface area contributed by atoms with Crippen LogP contribution in [0.3, 0.4) is 0 Å². The molecule has 2 N–H and O–H groups in total. The second-order valence-electron chi connectivity index (χ2n) is 9.04. The third-order valence-electron chi connectivity index (χ3n) is 6.88. The van der Waals surface area contributed by atoms with Crippen LogP contribution in [0.4, 0.5) is 5.82 Å². The molecule has 1 aliphatic heterocycles. The number of rotatable bonds is 8. The molecule has 0 spiro atoms. The highest BCUT2D eigenvalue weighted by molar-refractivity contribution is 6.02. The van der Waals surface area contributed by atoms with Gasteiger partial charge in [0, 0.05) is 24.2 Å². The maximum Gasteiger partial charge on any atom is 0.241 e. The van der Waals surface area contributed by atoms with Crippen LogP contribution in [-0.2, 0) is 4.79 Å². The van der Waals surface area contributed by atoms with Gasteiger partial charge in [-0.15, -0.1) is 0 Å². The number of benzene rings is 2. The number of nitrogen functional groups attached to an aromatic ring is 1. The summed E-state index contributed by atoms with van der Waals surface area (Å²) in [6, 6.07) is 17.8. The highest BCUT2D eigenvalue weighted by Gasteiger charge is 2.29. The predicted molar refractivity (Wildman–Crippen MR) is 143 cm³/mol. The molecule has 1 amide bonds. The third-order valence-corrected chi connectivity index (χ3v) is 6.88.